The Morgan fingerprint density at radius 2 is 2.00 bits per heavy atom. The van der Waals surface area contributed by atoms with Crippen molar-refractivity contribution < 1.29 is 23.0 Å². The van der Waals surface area contributed by atoms with E-state index in [1.165, 1.54) is 6.07 Å². The first kappa shape index (κ1) is 21.1. The minimum atomic E-state index is -0.878. The molecule has 32 heavy (non-hydrogen) atoms. The van der Waals surface area contributed by atoms with Gasteiger partial charge in [0.15, 0.2) is 0 Å². The summed E-state index contributed by atoms with van der Waals surface area (Å²) >= 11 is 0. The number of fused-ring (bicyclic) bond motifs is 4. The first-order valence-electron chi connectivity index (χ1n) is 11.1. The van der Waals surface area contributed by atoms with Gasteiger partial charge in [-0.05, 0) is 55.6 Å². The van der Waals surface area contributed by atoms with Gasteiger partial charge in [-0.3, -0.25) is 4.90 Å². The summed E-state index contributed by atoms with van der Waals surface area (Å²) in [5, 5.41) is 3.05. The van der Waals surface area contributed by atoms with Crippen molar-refractivity contribution in [2.75, 3.05) is 26.2 Å². The maximum atomic E-state index is 14.2. The Hall–Kier alpha value is -2.74. The number of hydrogen-bond acceptors (Lipinski definition) is 5. The summed E-state index contributed by atoms with van der Waals surface area (Å²) < 4.78 is 39.1. The summed E-state index contributed by atoms with van der Waals surface area (Å²) in [7, 11) is 0. The van der Waals surface area contributed by atoms with E-state index in [2.05, 4.69) is 15.2 Å². The summed E-state index contributed by atoms with van der Waals surface area (Å²) in [6.07, 6.45) is 1.64. The number of ether oxygens (including phenoxy) is 2. The highest BCUT2D eigenvalue weighted by molar-refractivity contribution is 5.70. The number of carbonyl (C=O) groups excluding carboxylic acids is 1. The van der Waals surface area contributed by atoms with E-state index in [4.69, 9.17) is 9.47 Å². The molecule has 1 aromatic heterocycles. The SMILES string of the molecule is CC1(C)COc2cc(-c3ccc(F)nc3F)ccc2C1NC(=O)O[C@@H]1CN2CCC1CC2. The standard InChI is InChI=1S/C24H27F2N3O3/c1-24(2)13-31-18-11-15(16-5-6-20(25)27-22(16)26)3-4-17(18)21(24)28-23(30)32-19-12-29-9-7-14(19)8-10-29/h3-6,11,14,19,21H,7-10,12-13H2,1-2H3,(H,28,30)/t19-,21?/m1/s1. The lowest BCUT2D eigenvalue weighted by Crippen LogP contribution is -2.53. The molecule has 5 heterocycles. The smallest absolute Gasteiger partial charge is 0.407 e. The molecular weight excluding hydrogens is 416 g/mol. The van der Waals surface area contributed by atoms with Gasteiger partial charge >= 0.3 is 6.09 Å². The number of nitrogens with one attached hydrogen (secondary N) is 1. The maximum Gasteiger partial charge on any atom is 0.407 e. The van der Waals surface area contributed by atoms with Crippen molar-refractivity contribution in [1.29, 1.82) is 0 Å². The number of amides is 1. The van der Waals surface area contributed by atoms with Gasteiger partial charge in [0.25, 0.3) is 0 Å². The van der Waals surface area contributed by atoms with E-state index in [1.54, 1.807) is 12.1 Å². The molecule has 1 amide bonds. The van der Waals surface area contributed by atoms with Crippen LogP contribution in [-0.4, -0.2) is 48.3 Å². The second-order valence-corrected chi connectivity index (χ2v) is 9.66. The number of aromatic nitrogens is 1. The Morgan fingerprint density at radius 3 is 2.69 bits per heavy atom. The maximum absolute atomic E-state index is 14.2. The van der Waals surface area contributed by atoms with Crippen LogP contribution in [0.5, 0.6) is 5.75 Å². The highest BCUT2D eigenvalue weighted by Gasteiger charge is 2.41. The third-order valence-electron chi connectivity index (χ3n) is 6.95. The van der Waals surface area contributed by atoms with Gasteiger partial charge in [-0.15, -0.1) is 0 Å². The van der Waals surface area contributed by atoms with Gasteiger partial charge < -0.3 is 14.8 Å². The fourth-order valence-corrected chi connectivity index (χ4v) is 5.07. The van der Waals surface area contributed by atoms with Crippen LogP contribution in [0.4, 0.5) is 13.6 Å². The van der Waals surface area contributed by atoms with E-state index in [-0.39, 0.29) is 23.1 Å². The number of alkyl carbamates (subject to hydrolysis) is 1. The Bertz CT molecular complexity index is 1040. The van der Waals surface area contributed by atoms with Gasteiger partial charge in [-0.1, -0.05) is 26.0 Å². The molecule has 0 saturated carbocycles. The lowest BCUT2D eigenvalue weighted by molar-refractivity contribution is -0.0361. The van der Waals surface area contributed by atoms with Crippen LogP contribution >= 0.6 is 0 Å². The second kappa shape index (κ2) is 7.99. The molecule has 1 aromatic carbocycles. The zero-order chi connectivity index (χ0) is 22.5. The molecule has 0 radical (unpaired) electrons. The van der Waals surface area contributed by atoms with E-state index in [1.807, 2.05) is 19.9 Å². The molecule has 4 aliphatic rings. The average molecular weight is 443 g/mol. The highest BCUT2D eigenvalue weighted by Crippen LogP contribution is 2.44. The predicted molar refractivity (Wildman–Crippen MR) is 114 cm³/mol. The average Bonchev–Trinajstić information content (AvgIpc) is 2.76. The van der Waals surface area contributed by atoms with Crippen molar-refractivity contribution in [3.63, 3.8) is 0 Å². The second-order valence-electron chi connectivity index (χ2n) is 9.66. The van der Waals surface area contributed by atoms with E-state index < -0.39 is 18.0 Å². The Morgan fingerprint density at radius 1 is 1.22 bits per heavy atom. The third-order valence-corrected chi connectivity index (χ3v) is 6.95. The van der Waals surface area contributed by atoms with E-state index in [0.717, 1.165) is 44.1 Å². The first-order valence-corrected chi connectivity index (χ1v) is 11.1. The quantitative estimate of drug-likeness (QED) is 0.717. The van der Waals surface area contributed by atoms with Crippen LogP contribution in [0.15, 0.2) is 30.3 Å². The van der Waals surface area contributed by atoms with Crippen LogP contribution in [0.25, 0.3) is 11.1 Å². The molecule has 2 bridgehead atoms. The van der Waals surface area contributed by atoms with E-state index in [0.29, 0.717) is 23.8 Å². The number of rotatable bonds is 3. The van der Waals surface area contributed by atoms with Crippen molar-refractivity contribution in [3.8, 4) is 16.9 Å². The Labute approximate surface area is 185 Å². The molecule has 170 valence electrons. The summed E-state index contributed by atoms with van der Waals surface area (Å²) in [5.41, 5.74) is 1.15. The van der Waals surface area contributed by atoms with Crippen LogP contribution in [-0.2, 0) is 4.74 Å². The molecule has 1 unspecified atom stereocenters. The largest absolute Gasteiger partial charge is 0.493 e. The summed E-state index contributed by atoms with van der Waals surface area (Å²) in [5.74, 6) is -0.758. The molecule has 3 saturated heterocycles. The molecule has 0 aliphatic carbocycles. The number of carbonyl (C=O) groups is 1. The number of pyridine rings is 1. The van der Waals surface area contributed by atoms with Gasteiger partial charge in [-0.2, -0.15) is 13.8 Å². The predicted octanol–water partition coefficient (Wildman–Crippen LogP) is 4.31. The van der Waals surface area contributed by atoms with Gasteiger partial charge in [-0.25, -0.2) is 4.79 Å². The van der Waals surface area contributed by atoms with Gasteiger partial charge in [0.1, 0.15) is 11.9 Å². The van der Waals surface area contributed by atoms with Crippen molar-refractivity contribution >= 4 is 6.09 Å². The van der Waals surface area contributed by atoms with Gasteiger partial charge in [0.05, 0.1) is 12.6 Å². The van der Waals surface area contributed by atoms with Gasteiger partial charge in [0, 0.05) is 23.1 Å². The van der Waals surface area contributed by atoms with Crippen LogP contribution in [0.2, 0.25) is 0 Å². The minimum absolute atomic E-state index is 0.0729. The Balaban J connectivity index is 1.36. The van der Waals surface area contributed by atoms with E-state index >= 15 is 0 Å². The van der Waals surface area contributed by atoms with Crippen molar-refractivity contribution in [2.24, 2.45) is 11.3 Å². The molecule has 4 aliphatic heterocycles. The fourth-order valence-electron chi connectivity index (χ4n) is 5.07. The molecule has 0 spiro atoms. The summed E-state index contributed by atoms with van der Waals surface area (Å²) in [6, 6.07) is 7.40. The van der Waals surface area contributed by atoms with E-state index in [9.17, 15) is 13.6 Å². The lowest BCUT2D eigenvalue weighted by atomic mass is 9.78. The summed E-state index contributed by atoms with van der Waals surface area (Å²) in [6.45, 7) is 7.38. The molecule has 2 atom stereocenters. The fraction of sp³-hybridized carbons (Fsp3) is 0.500. The molecule has 1 N–H and O–H groups in total. The molecule has 3 fully saturated rings. The lowest BCUT2D eigenvalue weighted by Gasteiger charge is -2.44. The summed E-state index contributed by atoms with van der Waals surface area (Å²) in [4.78, 5) is 18.4. The molecule has 2 aromatic rings. The number of hydrogen-bond donors (Lipinski definition) is 1. The van der Waals surface area contributed by atoms with Crippen LogP contribution in [0.1, 0.15) is 38.3 Å². The number of halogens is 2. The molecular formula is C24H27F2N3O3. The van der Waals surface area contributed by atoms with Gasteiger partial charge in [0.2, 0.25) is 11.9 Å². The number of piperidine rings is 3. The monoisotopic (exact) mass is 443 g/mol. The van der Waals surface area contributed by atoms with Crippen molar-refractivity contribution in [2.45, 2.75) is 38.8 Å². The van der Waals surface area contributed by atoms with Crippen LogP contribution in [0, 0.1) is 23.2 Å². The van der Waals surface area contributed by atoms with Crippen molar-refractivity contribution in [1.82, 2.24) is 15.2 Å². The third kappa shape index (κ3) is 3.92. The topological polar surface area (TPSA) is 63.7 Å². The zero-order valence-electron chi connectivity index (χ0n) is 18.2. The highest BCUT2D eigenvalue weighted by atomic mass is 19.1. The molecule has 8 heteroatoms. The Kier molecular flexibility index (Phi) is 5.28. The van der Waals surface area contributed by atoms with Crippen molar-refractivity contribution in [3.05, 3.63) is 47.8 Å². The van der Waals surface area contributed by atoms with Crippen LogP contribution in [0.3, 0.4) is 0 Å². The molecule has 6 nitrogen and oxygen atoms in total. The number of benzene rings is 1. The number of nitrogens with zero attached hydrogens (tertiary/aromatic N) is 2. The molecule has 6 rings (SSSR count). The first-order chi connectivity index (χ1) is 15.3. The minimum Gasteiger partial charge on any atom is -0.493 e. The normalized spacial score (nSPS) is 27.9. The zero-order valence-corrected chi connectivity index (χ0v) is 18.2. The van der Waals surface area contributed by atoms with Crippen LogP contribution < -0.4 is 10.1 Å².